The number of anilines is 1. The number of rotatable bonds is 12. The average molecular weight is 523 g/mol. The van der Waals surface area contributed by atoms with Crippen LogP contribution in [0, 0.1) is 17.6 Å². The van der Waals surface area contributed by atoms with Gasteiger partial charge in [-0.25, -0.2) is 8.78 Å². The Kier molecular flexibility index (Phi) is 9.72. The van der Waals surface area contributed by atoms with Crippen LogP contribution in [0.2, 0.25) is 0 Å². The summed E-state index contributed by atoms with van der Waals surface area (Å²) in [5, 5.41) is 11.3. The number of benzene rings is 1. The van der Waals surface area contributed by atoms with Crippen molar-refractivity contribution in [2.75, 3.05) is 51.4 Å². The predicted octanol–water partition coefficient (Wildman–Crippen LogP) is 4.17. The number of hydrogen-bond acceptors (Lipinski definition) is 7. The van der Waals surface area contributed by atoms with E-state index >= 15 is 0 Å². The Hall–Kier alpha value is -2.30. The Morgan fingerprint density at radius 2 is 1.89 bits per heavy atom. The molecule has 1 aromatic heterocycles. The van der Waals surface area contributed by atoms with E-state index in [1.807, 2.05) is 11.8 Å². The molecule has 0 bridgehead atoms. The van der Waals surface area contributed by atoms with E-state index in [1.165, 1.54) is 0 Å². The number of methoxy groups -OCH3 is 1. The minimum absolute atomic E-state index is 0.0853. The van der Waals surface area contributed by atoms with Crippen LogP contribution in [-0.4, -0.2) is 69.2 Å². The molecule has 0 radical (unpaired) electrons. The summed E-state index contributed by atoms with van der Waals surface area (Å²) in [5.74, 6) is -0.570. The fourth-order valence-corrected chi connectivity index (χ4v) is 5.57. The highest BCUT2D eigenvalue weighted by molar-refractivity contribution is 5.88. The standard InChI is InChI=1S/C27H40F2N4O4/c1-3-33(26-21-16-22(28)23(29)17-24(21)37-32-26)13-12-30-11-8-19-4-6-20(7-5-19)31-25(34)18-27(35-2)9-14-36-15-10-27/h16-17,19-20,30H,3-15,18H2,1-2H3,(H,31,34). The summed E-state index contributed by atoms with van der Waals surface area (Å²) in [6, 6.07) is 2.43. The Morgan fingerprint density at radius 3 is 2.59 bits per heavy atom. The van der Waals surface area contributed by atoms with Crippen LogP contribution in [0.3, 0.4) is 0 Å². The molecular weight excluding hydrogens is 482 g/mol. The number of likely N-dealkylation sites (N-methyl/N-ethyl adjacent to an activating group) is 1. The van der Waals surface area contributed by atoms with E-state index in [4.69, 9.17) is 14.0 Å². The number of nitrogens with zero attached hydrogens (tertiary/aromatic N) is 2. The van der Waals surface area contributed by atoms with Gasteiger partial charge in [0.25, 0.3) is 0 Å². The van der Waals surface area contributed by atoms with E-state index in [9.17, 15) is 13.6 Å². The molecule has 1 aromatic carbocycles. The van der Waals surface area contributed by atoms with Crippen molar-refractivity contribution in [3.05, 3.63) is 23.8 Å². The van der Waals surface area contributed by atoms with Crippen molar-refractivity contribution in [2.24, 2.45) is 5.92 Å². The Morgan fingerprint density at radius 1 is 1.16 bits per heavy atom. The van der Waals surface area contributed by atoms with Crippen molar-refractivity contribution < 1.29 is 27.6 Å². The van der Waals surface area contributed by atoms with Crippen LogP contribution in [0.4, 0.5) is 14.6 Å². The van der Waals surface area contributed by atoms with Crippen LogP contribution in [-0.2, 0) is 14.3 Å². The number of halogens is 2. The zero-order valence-electron chi connectivity index (χ0n) is 22.0. The molecule has 1 aliphatic heterocycles. The van der Waals surface area contributed by atoms with Crippen molar-refractivity contribution in [2.45, 2.75) is 69.9 Å². The average Bonchev–Trinajstić information content (AvgIpc) is 3.30. The molecule has 2 aliphatic rings. The third kappa shape index (κ3) is 7.18. The van der Waals surface area contributed by atoms with Gasteiger partial charge in [0.2, 0.25) is 5.91 Å². The van der Waals surface area contributed by atoms with Crippen LogP contribution < -0.4 is 15.5 Å². The smallest absolute Gasteiger partial charge is 0.223 e. The maximum atomic E-state index is 13.7. The summed E-state index contributed by atoms with van der Waals surface area (Å²) in [5.41, 5.74) is -0.137. The molecule has 2 N–H and O–H groups in total. The highest BCUT2D eigenvalue weighted by atomic mass is 19.2. The molecule has 0 atom stereocenters. The maximum absolute atomic E-state index is 13.7. The lowest BCUT2D eigenvalue weighted by Crippen LogP contribution is -2.45. The quantitative estimate of drug-likeness (QED) is 0.405. The van der Waals surface area contributed by atoms with Crippen molar-refractivity contribution in [1.82, 2.24) is 15.8 Å². The molecule has 206 valence electrons. The summed E-state index contributed by atoms with van der Waals surface area (Å²) in [4.78, 5) is 14.6. The molecule has 10 heteroatoms. The van der Waals surface area contributed by atoms with Gasteiger partial charge in [-0.2, -0.15) is 0 Å². The van der Waals surface area contributed by atoms with Gasteiger partial charge in [-0.1, -0.05) is 5.16 Å². The molecule has 37 heavy (non-hydrogen) atoms. The summed E-state index contributed by atoms with van der Waals surface area (Å²) < 4.78 is 43.5. The third-order valence-electron chi connectivity index (χ3n) is 7.99. The van der Waals surface area contributed by atoms with E-state index < -0.39 is 11.6 Å². The monoisotopic (exact) mass is 522 g/mol. The van der Waals surface area contributed by atoms with Crippen molar-refractivity contribution in [1.29, 1.82) is 0 Å². The summed E-state index contributed by atoms with van der Waals surface area (Å²) in [6.07, 6.45) is 7.28. The highest BCUT2D eigenvalue weighted by Gasteiger charge is 2.35. The maximum Gasteiger partial charge on any atom is 0.223 e. The number of hydrogen-bond donors (Lipinski definition) is 2. The topological polar surface area (TPSA) is 88.9 Å². The minimum Gasteiger partial charge on any atom is -0.381 e. The zero-order valence-corrected chi connectivity index (χ0v) is 22.0. The number of ether oxygens (including phenoxy) is 2. The first kappa shape index (κ1) is 27.7. The van der Waals surface area contributed by atoms with Crippen LogP contribution in [0.15, 0.2) is 16.7 Å². The molecule has 1 saturated carbocycles. The van der Waals surface area contributed by atoms with Gasteiger partial charge in [0, 0.05) is 64.9 Å². The van der Waals surface area contributed by atoms with E-state index in [0.717, 1.165) is 70.2 Å². The predicted molar refractivity (Wildman–Crippen MR) is 138 cm³/mol. The molecule has 4 rings (SSSR count). The normalized spacial score (nSPS) is 21.7. The molecule has 2 aromatic rings. The first-order valence-corrected chi connectivity index (χ1v) is 13.6. The number of aromatic nitrogens is 1. The summed E-state index contributed by atoms with van der Waals surface area (Å²) in [6.45, 7) is 6.32. The molecule has 1 saturated heterocycles. The third-order valence-corrected chi connectivity index (χ3v) is 7.99. The molecule has 8 nitrogen and oxygen atoms in total. The van der Waals surface area contributed by atoms with E-state index in [-0.39, 0.29) is 23.1 Å². The molecule has 2 heterocycles. The second-order valence-corrected chi connectivity index (χ2v) is 10.3. The van der Waals surface area contributed by atoms with Crippen LogP contribution in [0.1, 0.15) is 58.3 Å². The van der Waals surface area contributed by atoms with Gasteiger partial charge in [-0.05, 0) is 57.6 Å². The van der Waals surface area contributed by atoms with Gasteiger partial charge in [0.05, 0.1) is 17.4 Å². The van der Waals surface area contributed by atoms with E-state index in [0.29, 0.717) is 49.8 Å². The Labute approximate surface area is 217 Å². The second kappa shape index (κ2) is 13.0. The number of carbonyl (C=O) groups excluding carboxylic acids is 1. The molecule has 2 fully saturated rings. The SMILES string of the molecule is CCN(CCNCCC1CCC(NC(=O)CC2(OC)CCOCC2)CC1)c1noc2cc(F)c(F)cc12. The lowest BCUT2D eigenvalue weighted by molar-refractivity contribution is -0.136. The number of fused-ring (bicyclic) bond motifs is 1. The second-order valence-electron chi connectivity index (χ2n) is 10.3. The van der Waals surface area contributed by atoms with Crippen LogP contribution >= 0.6 is 0 Å². The molecule has 1 aliphatic carbocycles. The molecule has 1 amide bonds. The van der Waals surface area contributed by atoms with Crippen molar-refractivity contribution in [3.63, 3.8) is 0 Å². The van der Waals surface area contributed by atoms with E-state index in [1.54, 1.807) is 7.11 Å². The fraction of sp³-hybridized carbons (Fsp3) is 0.704. The first-order chi connectivity index (χ1) is 17.9. The lowest BCUT2D eigenvalue weighted by Gasteiger charge is -2.36. The van der Waals surface area contributed by atoms with Gasteiger partial charge in [0.15, 0.2) is 23.0 Å². The van der Waals surface area contributed by atoms with Gasteiger partial charge in [-0.15, -0.1) is 0 Å². The zero-order chi connectivity index (χ0) is 26.3. The number of amides is 1. The van der Waals surface area contributed by atoms with Gasteiger partial charge in [0.1, 0.15) is 0 Å². The first-order valence-electron chi connectivity index (χ1n) is 13.6. The van der Waals surface area contributed by atoms with Crippen LogP contribution in [0.5, 0.6) is 0 Å². The number of carbonyl (C=O) groups is 1. The largest absolute Gasteiger partial charge is 0.381 e. The molecule has 0 unspecified atom stereocenters. The van der Waals surface area contributed by atoms with E-state index in [2.05, 4.69) is 15.8 Å². The summed E-state index contributed by atoms with van der Waals surface area (Å²) in [7, 11) is 1.69. The Balaban J connectivity index is 1.13. The fourth-order valence-electron chi connectivity index (χ4n) is 5.57. The molecular formula is C27H40F2N4O4. The lowest BCUT2D eigenvalue weighted by atomic mass is 9.83. The van der Waals surface area contributed by atoms with Crippen molar-refractivity contribution in [3.8, 4) is 0 Å². The van der Waals surface area contributed by atoms with Gasteiger partial charge < -0.3 is 29.5 Å². The van der Waals surface area contributed by atoms with Gasteiger partial charge in [-0.3, -0.25) is 4.79 Å². The minimum atomic E-state index is -0.939. The molecule has 0 spiro atoms. The Bertz CT molecular complexity index is 1020. The van der Waals surface area contributed by atoms with Gasteiger partial charge >= 0.3 is 0 Å². The summed E-state index contributed by atoms with van der Waals surface area (Å²) >= 11 is 0. The van der Waals surface area contributed by atoms with Crippen LogP contribution in [0.25, 0.3) is 11.0 Å². The number of nitrogens with one attached hydrogen (secondary N) is 2. The van der Waals surface area contributed by atoms with Crippen molar-refractivity contribution >= 4 is 22.7 Å². The highest BCUT2D eigenvalue weighted by Crippen LogP contribution is 2.30.